The Morgan fingerprint density at radius 1 is 1.46 bits per heavy atom. The maximum absolute atomic E-state index is 11.2. The fraction of sp³-hybridized carbons (Fsp3) is 0.875. The Morgan fingerprint density at radius 2 is 2.08 bits per heavy atom. The maximum Gasteiger partial charge on any atom is 0.455 e. The fourth-order valence-corrected chi connectivity index (χ4v) is 1.90. The summed E-state index contributed by atoms with van der Waals surface area (Å²) in [5, 5.41) is 17.9. The van der Waals surface area contributed by atoms with E-state index in [1.54, 1.807) is 6.92 Å². The quantitative estimate of drug-likeness (QED) is 0.480. The first-order valence-electron chi connectivity index (χ1n) is 4.66. The summed E-state index contributed by atoms with van der Waals surface area (Å²) in [5.41, 5.74) is 0. The number of ether oxygens (including phenoxy) is 1. The summed E-state index contributed by atoms with van der Waals surface area (Å²) in [7, 11) is -1.39. The number of hydrogen-bond acceptors (Lipinski definition) is 4. The topological polar surface area (TPSA) is 66.8 Å². The molecule has 0 saturated heterocycles. The van der Waals surface area contributed by atoms with Crippen molar-refractivity contribution in [2.45, 2.75) is 26.1 Å². The van der Waals surface area contributed by atoms with Gasteiger partial charge in [0, 0.05) is 5.82 Å². The van der Waals surface area contributed by atoms with Gasteiger partial charge >= 0.3 is 13.1 Å². The second kappa shape index (κ2) is 4.11. The Labute approximate surface area is 78.0 Å². The second-order valence-corrected chi connectivity index (χ2v) is 3.34. The van der Waals surface area contributed by atoms with Crippen molar-refractivity contribution >= 4 is 13.1 Å². The first-order chi connectivity index (χ1) is 6.13. The molecule has 5 heteroatoms. The van der Waals surface area contributed by atoms with Gasteiger partial charge in [0.1, 0.15) is 0 Å². The standard InChI is InChI=1S/C8H15BO4/c1-3-5-6(7(5)9(11)12)8(10)13-4-2/h5-7,11-12H,3-4H2,1-2H3. The summed E-state index contributed by atoms with van der Waals surface area (Å²) in [6.07, 6.45) is 0.783. The summed E-state index contributed by atoms with van der Waals surface area (Å²) in [6.45, 7) is 4.02. The van der Waals surface area contributed by atoms with E-state index >= 15 is 0 Å². The number of carbonyl (C=O) groups excluding carboxylic acids is 1. The second-order valence-electron chi connectivity index (χ2n) is 3.34. The van der Waals surface area contributed by atoms with Gasteiger partial charge in [-0.1, -0.05) is 13.3 Å². The van der Waals surface area contributed by atoms with Crippen molar-refractivity contribution < 1.29 is 19.6 Å². The molecule has 3 atom stereocenters. The molecule has 0 bridgehead atoms. The molecule has 0 aromatic heterocycles. The van der Waals surface area contributed by atoms with E-state index in [0.29, 0.717) is 6.61 Å². The minimum atomic E-state index is -1.39. The molecule has 2 N–H and O–H groups in total. The van der Waals surface area contributed by atoms with Crippen LogP contribution in [0.1, 0.15) is 20.3 Å². The summed E-state index contributed by atoms with van der Waals surface area (Å²) >= 11 is 0. The minimum Gasteiger partial charge on any atom is -0.466 e. The molecule has 74 valence electrons. The van der Waals surface area contributed by atoms with Crippen molar-refractivity contribution in [2.75, 3.05) is 6.61 Å². The smallest absolute Gasteiger partial charge is 0.455 e. The zero-order chi connectivity index (χ0) is 10.0. The Morgan fingerprint density at radius 3 is 2.38 bits per heavy atom. The van der Waals surface area contributed by atoms with Crippen molar-refractivity contribution in [3.05, 3.63) is 0 Å². The molecule has 0 radical (unpaired) electrons. The molecule has 13 heavy (non-hydrogen) atoms. The summed E-state index contributed by atoms with van der Waals surface area (Å²) in [6, 6.07) is 0. The predicted molar refractivity (Wildman–Crippen MR) is 47.8 cm³/mol. The van der Waals surface area contributed by atoms with Crippen LogP contribution in [0.3, 0.4) is 0 Å². The predicted octanol–water partition coefficient (Wildman–Crippen LogP) is 0.0485. The third-order valence-electron chi connectivity index (χ3n) is 2.60. The van der Waals surface area contributed by atoms with Gasteiger partial charge in [0.2, 0.25) is 0 Å². The lowest BCUT2D eigenvalue weighted by molar-refractivity contribution is -0.145. The van der Waals surface area contributed by atoms with Crippen molar-refractivity contribution in [1.29, 1.82) is 0 Å². The molecular weight excluding hydrogens is 171 g/mol. The number of carbonyl (C=O) groups is 1. The highest BCUT2D eigenvalue weighted by molar-refractivity contribution is 6.45. The van der Waals surface area contributed by atoms with Crippen LogP contribution in [0, 0.1) is 11.8 Å². The van der Waals surface area contributed by atoms with Crippen LogP contribution in [0.4, 0.5) is 0 Å². The van der Waals surface area contributed by atoms with Crippen LogP contribution in [0.25, 0.3) is 0 Å². The maximum atomic E-state index is 11.2. The van der Waals surface area contributed by atoms with E-state index in [9.17, 15) is 4.79 Å². The lowest BCUT2D eigenvalue weighted by Gasteiger charge is -1.99. The van der Waals surface area contributed by atoms with E-state index in [-0.39, 0.29) is 23.6 Å². The molecule has 0 aromatic rings. The van der Waals surface area contributed by atoms with Gasteiger partial charge in [-0.2, -0.15) is 0 Å². The van der Waals surface area contributed by atoms with Crippen molar-refractivity contribution in [1.82, 2.24) is 0 Å². The molecule has 1 aliphatic carbocycles. The largest absolute Gasteiger partial charge is 0.466 e. The summed E-state index contributed by atoms with van der Waals surface area (Å²) in [5.74, 6) is -0.833. The van der Waals surface area contributed by atoms with E-state index in [0.717, 1.165) is 6.42 Å². The average Bonchev–Trinajstić information content (AvgIpc) is 2.78. The van der Waals surface area contributed by atoms with Crippen molar-refractivity contribution in [2.24, 2.45) is 11.8 Å². The van der Waals surface area contributed by atoms with Crippen LogP contribution in [0.2, 0.25) is 5.82 Å². The zero-order valence-electron chi connectivity index (χ0n) is 7.93. The highest BCUT2D eigenvalue weighted by Gasteiger charge is 2.59. The normalized spacial score (nSPS) is 31.2. The summed E-state index contributed by atoms with van der Waals surface area (Å²) < 4.78 is 4.82. The van der Waals surface area contributed by atoms with Gasteiger partial charge in [0.15, 0.2) is 0 Å². The molecule has 1 aliphatic rings. The lowest BCUT2D eigenvalue weighted by atomic mass is 9.80. The van der Waals surface area contributed by atoms with Crippen molar-refractivity contribution in [3.8, 4) is 0 Å². The first-order valence-corrected chi connectivity index (χ1v) is 4.66. The highest BCUT2D eigenvalue weighted by atomic mass is 16.5. The van der Waals surface area contributed by atoms with Crippen LogP contribution in [-0.4, -0.2) is 29.7 Å². The molecule has 1 fully saturated rings. The van der Waals surface area contributed by atoms with Crippen LogP contribution in [-0.2, 0) is 9.53 Å². The van der Waals surface area contributed by atoms with Gasteiger partial charge in [-0.3, -0.25) is 4.79 Å². The Kier molecular flexibility index (Phi) is 3.33. The fourth-order valence-electron chi connectivity index (χ4n) is 1.90. The molecule has 1 saturated carbocycles. The molecule has 0 aromatic carbocycles. The van der Waals surface area contributed by atoms with Crippen LogP contribution in [0.15, 0.2) is 0 Å². The molecule has 4 nitrogen and oxygen atoms in total. The van der Waals surface area contributed by atoms with E-state index < -0.39 is 7.12 Å². The van der Waals surface area contributed by atoms with E-state index in [4.69, 9.17) is 14.8 Å². The molecule has 1 rings (SSSR count). The summed E-state index contributed by atoms with van der Waals surface area (Å²) in [4.78, 5) is 11.2. The molecule has 3 unspecified atom stereocenters. The van der Waals surface area contributed by atoms with Crippen LogP contribution in [0.5, 0.6) is 0 Å². The molecular formula is C8H15BO4. The number of rotatable bonds is 4. The zero-order valence-corrected chi connectivity index (χ0v) is 7.93. The third-order valence-corrected chi connectivity index (χ3v) is 2.60. The van der Waals surface area contributed by atoms with E-state index in [2.05, 4.69) is 0 Å². The Hall–Kier alpha value is -0.545. The average molecular weight is 186 g/mol. The van der Waals surface area contributed by atoms with Crippen LogP contribution < -0.4 is 0 Å². The highest BCUT2D eigenvalue weighted by Crippen LogP contribution is 2.55. The number of hydrogen-bond donors (Lipinski definition) is 2. The van der Waals surface area contributed by atoms with Gasteiger partial charge in [0.25, 0.3) is 0 Å². The van der Waals surface area contributed by atoms with Gasteiger partial charge in [0.05, 0.1) is 12.5 Å². The van der Waals surface area contributed by atoms with Gasteiger partial charge in [-0.15, -0.1) is 0 Å². The SMILES string of the molecule is CCOC(=O)C1C(CC)C1B(O)O. The molecule has 0 aliphatic heterocycles. The van der Waals surface area contributed by atoms with E-state index in [1.165, 1.54) is 0 Å². The van der Waals surface area contributed by atoms with Gasteiger partial charge in [-0.25, -0.2) is 0 Å². The Bertz CT molecular complexity index is 195. The number of esters is 1. The first kappa shape index (κ1) is 10.5. The Balaban J connectivity index is 2.48. The van der Waals surface area contributed by atoms with Gasteiger partial charge < -0.3 is 14.8 Å². The molecule has 0 heterocycles. The van der Waals surface area contributed by atoms with Gasteiger partial charge in [-0.05, 0) is 12.8 Å². The molecule has 0 amide bonds. The monoisotopic (exact) mass is 186 g/mol. The van der Waals surface area contributed by atoms with Crippen LogP contribution >= 0.6 is 0 Å². The minimum absolute atomic E-state index is 0.0825. The van der Waals surface area contributed by atoms with E-state index in [1.807, 2.05) is 6.92 Å². The third kappa shape index (κ3) is 2.03. The van der Waals surface area contributed by atoms with Crippen molar-refractivity contribution in [3.63, 3.8) is 0 Å². The molecule has 0 spiro atoms. The lowest BCUT2D eigenvalue weighted by Crippen LogP contribution is -2.15.